The molecule has 3 rings (SSSR count). The van der Waals surface area contributed by atoms with Gasteiger partial charge in [0.25, 0.3) is 5.91 Å². The molecule has 2 aromatic rings. The van der Waals surface area contributed by atoms with E-state index in [4.69, 9.17) is 0 Å². The minimum Gasteiger partial charge on any atom is -0.389 e. The number of aliphatic hydroxyl groups excluding tert-OH is 1. The molecular formula is C18H24ClN3O2S. The summed E-state index contributed by atoms with van der Waals surface area (Å²) in [5.74, 6) is -0.224. The molecule has 0 radical (unpaired) electrons. The molecule has 0 aliphatic carbocycles. The third-order valence-electron chi connectivity index (χ3n) is 4.48. The number of aryl methyl sites for hydroxylation is 1. The molecule has 25 heavy (non-hydrogen) atoms. The second kappa shape index (κ2) is 8.76. The molecule has 1 amide bonds. The summed E-state index contributed by atoms with van der Waals surface area (Å²) in [6.45, 7) is 3.29. The van der Waals surface area contributed by atoms with E-state index in [2.05, 4.69) is 22.5 Å². The summed E-state index contributed by atoms with van der Waals surface area (Å²) in [5.41, 5.74) is 0.582. The van der Waals surface area contributed by atoms with Gasteiger partial charge in [0.15, 0.2) is 0 Å². The lowest BCUT2D eigenvalue weighted by Gasteiger charge is -2.42. The van der Waals surface area contributed by atoms with Crippen molar-refractivity contribution in [2.75, 3.05) is 13.1 Å². The van der Waals surface area contributed by atoms with Crippen LogP contribution < -0.4 is 10.6 Å². The summed E-state index contributed by atoms with van der Waals surface area (Å²) >= 11 is 1.51. The van der Waals surface area contributed by atoms with Crippen LogP contribution >= 0.6 is 23.7 Å². The highest BCUT2D eigenvalue weighted by Crippen LogP contribution is 2.31. The summed E-state index contributed by atoms with van der Waals surface area (Å²) < 4.78 is 0. The summed E-state index contributed by atoms with van der Waals surface area (Å²) in [7, 11) is 0. The molecule has 136 valence electrons. The Morgan fingerprint density at radius 2 is 2.20 bits per heavy atom. The van der Waals surface area contributed by atoms with E-state index < -0.39 is 11.6 Å². The van der Waals surface area contributed by atoms with Crippen molar-refractivity contribution < 1.29 is 9.90 Å². The van der Waals surface area contributed by atoms with Gasteiger partial charge in [0, 0.05) is 11.9 Å². The number of carbonyl (C=O) groups is 1. The average molecular weight is 382 g/mol. The molecule has 1 saturated heterocycles. The predicted octanol–water partition coefficient (Wildman–Crippen LogP) is 2.50. The van der Waals surface area contributed by atoms with Crippen molar-refractivity contribution in [1.82, 2.24) is 15.6 Å². The number of thiazole rings is 1. The summed E-state index contributed by atoms with van der Waals surface area (Å²) in [5, 5.41) is 19.7. The normalized spacial score (nSPS) is 22.9. The molecule has 3 N–H and O–H groups in total. The maximum Gasteiger partial charge on any atom is 0.271 e. The van der Waals surface area contributed by atoms with Crippen molar-refractivity contribution in [2.24, 2.45) is 0 Å². The van der Waals surface area contributed by atoms with Crippen LogP contribution in [0, 0.1) is 0 Å². The zero-order valence-electron chi connectivity index (χ0n) is 14.2. The third-order valence-corrected chi connectivity index (χ3v) is 5.39. The molecule has 0 bridgehead atoms. The van der Waals surface area contributed by atoms with Crippen molar-refractivity contribution >= 4 is 29.7 Å². The molecule has 0 saturated carbocycles. The Hall–Kier alpha value is -1.47. The van der Waals surface area contributed by atoms with Crippen LogP contribution in [0.5, 0.6) is 0 Å². The van der Waals surface area contributed by atoms with E-state index in [9.17, 15) is 9.90 Å². The lowest BCUT2D eigenvalue weighted by Crippen LogP contribution is -2.61. The second-order valence-corrected chi connectivity index (χ2v) is 7.08. The molecular weight excluding hydrogens is 358 g/mol. The van der Waals surface area contributed by atoms with Crippen LogP contribution in [-0.4, -0.2) is 35.2 Å². The Balaban J connectivity index is 0.00000225. The Bertz CT molecular complexity index is 695. The second-order valence-electron chi connectivity index (χ2n) is 6.14. The van der Waals surface area contributed by atoms with E-state index in [1.807, 2.05) is 30.3 Å². The van der Waals surface area contributed by atoms with E-state index >= 15 is 0 Å². The number of amides is 1. The molecule has 1 aliphatic rings. The number of aliphatic hydroxyl groups is 1. The van der Waals surface area contributed by atoms with Crippen LogP contribution in [0.2, 0.25) is 0 Å². The number of halogens is 1. The maximum absolute atomic E-state index is 12.8. The number of nitrogens with one attached hydrogen (secondary N) is 2. The summed E-state index contributed by atoms with van der Waals surface area (Å²) in [6.07, 6.45) is 1.84. The van der Waals surface area contributed by atoms with E-state index in [1.54, 1.807) is 5.38 Å². The lowest BCUT2D eigenvalue weighted by molar-refractivity contribution is 0.0288. The standard InChI is InChI=1S/C18H23N3O2S.ClH/c1-2-6-16-20-14(12-24-16)17(23)21-18(9-10-19-11-15(18)22)13-7-4-3-5-8-13;/h3-5,7-8,12,15,19,22H,2,6,9-11H2,1H3,(H,21,23);1H/t15-,18-;/m1./s1. The smallest absolute Gasteiger partial charge is 0.271 e. The van der Waals surface area contributed by atoms with Gasteiger partial charge in [-0.05, 0) is 31.4 Å². The largest absolute Gasteiger partial charge is 0.389 e. The van der Waals surface area contributed by atoms with Crippen LogP contribution in [0.15, 0.2) is 35.7 Å². The molecule has 7 heteroatoms. The monoisotopic (exact) mass is 381 g/mol. The van der Waals surface area contributed by atoms with Crippen molar-refractivity contribution in [2.45, 2.75) is 37.8 Å². The number of aromatic nitrogens is 1. The highest BCUT2D eigenvalue weighted by atomic mass is 35.5. The first-order valence-corrected chi connectivity index (χ1v) is 9.25. The first-order chi connectivity index (χ1) is 11.7. The van der Waals surface area contributed by atoms with E-state index in [1.165, 1.54) is 11.3 Å². The fourth-order valence-corrected chi connectivity index (χ4v) is 4.05. The number of carbonyl (C=O) groups excluding carboxylic acids is 1. The molecule has 0 unspecified atom stereocenters. The fourth-order valence-electron chi connectivity index (χ4n) is 3.17. The molecule has 1 fully saturated rings. The number of rotatable bonds is 5. The van der Waals surface area contributed by atoms with Crippen LogP contribution in [0.1, 0.15) is 40.8 Å². The molecule has 0 spiro atoms. The van der Waals surface area contributed by atoms with Gasteiger partial charge in [0.1, 0.15) is 5.69 Å². The summed E-state index contributed by atoms with van der Waals surface area (Å²) in [6, 6.07) is 9.71. The van der Waals surface area contributed by atoms with Gasteiger partial charge in [-0.1, -0.05) is 37.3 Å². The highest BCUT2D eigenvalue weighted by molar-refractivity contribution is 7.09. The van der Waals surface area contributed by atoms with Crippen LogP contribution in [0.3, 0.4) is 0 Å². The number of hydrogen-bond acceptors (Lipinski definition) is 5. The molecule has 2 atom stereocenters. The zero-order valence-corrected chi connectivity index (χ0v) is 15.8. The van der Waals surface area contributed by atoms with Crippen molar-refractivity contribution in [3.63, 3.8) is 0 Å². The van der Waals surface area contributed by atoms with E-state index in [0.717, 1.165) is 30.0 Å². The van der Waals surface area contributed by atoms with E-state index in [0.29, 0.717) is 18.7 Å². The van der Waals surface area contributed by atoms with Crippen molar-refractivity contribution in [3.8, 4) is 0 Å². The quantitative estimate of drug-likeness (QED) is 0.743. The van der Waals surface area contributed by atoms with Gasteiger partial charge in [-0.2, -0.15) is 0 Å². The lowest BCUT2D eigenvalue weighted by atomic mass is 9.79. The number of piperidine rings is 1. The van der Waals surface area contributed by atoms with Crippen LogP contribution in [0.4, 0.5) is 0 Å². The molecule has 1 aromatic heterocycles. The number of nitrogens with zero attached hydrogens (tertiary/aromatic N) is 1. The first-order valence-electron chi connectivity index (χ1n) is 8.37. The third kappa shape index (κ3) is 4.20. The zero-order chi connectivity index (χ0) is 17.0. The van der Waals surface area contributed by atoms with Crippen molar-refractivity contribution in [1.29, 1.82) is 0 Å². The Kier molecular flexibility index (Phi) is 6.95. The van der Waals surface area contributed by atoms with E-state index in [-0.39, 0.29) is 18.3 Å². The number of benzene rings is 1. The Labute approximate surface area is 158 Å². The van der Waals surface area contributed by atoms with Gasteiger partial charge in [-0.15, -0.1) is 23.7 Å². The summed E-state index contributed by atoms with van der Waals surface area (Å²) in [4.78, 5) is 17.2. The Morgan fingerprint density at radius 3 is 2.88 bits per heavy atom. The molecule has 5 nitrogen and oxygen atoms in total. The SMILES string of the molecule is CCCc1nc(C(=O)N[C@@]2(c3ccccc3)CCNC[C@H]2O)cs1.Cl. The predicted molar refractivity (Wildman–Crippen MR) is 102 cm³/mol. The van der Waals surface area contributed by atoms with Crippen LogP contribution in [-0.2, 0) is 12.0 Å². The minimum absolute atomic E-state index is 0. The minimum atomic E-state index is -0.780. The molecule has 2 heterocycles. The topological polar surface area (TPSA) is 74.2 Å². The number of β-amino-alcohol motifs (C(OH)–C–C–N with tert-alkyl or cyclic N) is 1. The van der Waals surface area contributed by atoms with Gasteiger partial charge >= 0.3 is 0 Å². The first kappa shape index (κ1) is 19.8. The highest BCUT2D eigenvalue weighted by Gasteiger charge is 2.43. The number of hydrogen-bond donors (Lipinski definition) is 3. The van der Waals surface area contributed by atoms with Gasteiger partial charge in [0.2, 0.25) is 0 Å². The van der Waals surface area contributed by atoms with Gasteiger partial charge < -0.3 is 15.7 Å². The maximum atomic E-state index is 12.8. The Morgan fingerprint density at radius 1 is 1.44 bits per heavy atom. The van der Waals surface area contributed by atoms with Crippen molar-refractivity contribution in [3.05, 3.63) is 52.0 Å². The van der Waals surface area contributed by atoms with Crippen LogP contribution in [0.25, 0.3) is 0 Å². The average Bonchev–Trinajstić information content (AvgIpc) is 3.07. The molecule has 1 aromatic carbocycles. The van der Waals surface area contributed by atoms with Gasteiger partial charge in [-0.25, -0.2) is 4.98 Å². The fraction of sp³-hybridized carbons (Fsp3) is 0.444. The molecule has 1 aliphatic heterocycles. The van der Waals surface area contributed by atoms with Gasteiger partial charge in [0.05, 0.1) is 16.7 Å². The van der Waals surface area contributed by atoms with Gasteiger partial charge in [-0.3, -0.25) is 4.79 Å².